The molecule has 27 heavy (non-hydrogen) atoms. The molecule has 1 aliphatic heterocycles. The Morgan fingerprint density at radius 1 is 1.30 bits per heavy atom. The minimum Gasteiger partial charge on any atom is -0.319 e. The van der Waals surface area contributed by atoms with Crippen molar-refractivity contribution in [3.05, 3.63) is 51.5 Å². The molecule has 1 unspecified atom stereocenters. The summed E-state index contributed by atoms with van der Waals surface area (Å²) in [4.78, 5) is 31.2. The maximum atomic E-state index is 13.0. The molecule has 0 aliphatic carbocycles. The van der Waals surface area contributed by atoms with Gasteiger partial charge < -0.3 is 5.32 Å². The van der Waals surface area contributed by atoms with E-state index in [0.717, 1.165) is 23.5 Å². The highest BCUT2D eigenvalue weighted by Gasteiger charge is 2.49. The maximum absolute atomic E-state index is 13.0. The SMILES string of the molecule is CC(C)CCc1nc(CN2C(=O)NC(C)(c3ccc(C#N)cc3)C2=O)cs1. The molecule has 1 aromatic carbocycles. The predicted molar refractivity (Wildman–Crippen MR) is 103 cm³/mol. The van der Waals surface area contributed by atoms with Crippen molar-refractivity contribution in [1.29, 1.82) is 5.26 Å². The molecule has 0 saturated carbocycles. The molecule has 6 nitrogen and oxygen atoms in total. The van der Waals surface area contributed by atoms with Crippen LogP contribution in [0, 0.1) is 17.2 Å². The van der Waals surface area contributed by atoms with Crippen LogP contribution in [0.4, 0.5) is 4.79 Å². The fourth-order valence-electron chi connectivity index (χ4n) is 3.02. The number of nitrogens with zero attached hydrogens (tertiary/aromatic N) is 3. The van der Waals surface area contributed by atoms with E-state index in [-0.39, 0.29) is 12.5 Å². The average molecular weight is 382 g/mol. The number of carbonyl (C=O) groups is 2. The van der Waals surface area contributed by atoms with Gasteiger partial charge in [-0.1, -0.05) is 26.0 Å². The molecular formula is C20H22N4O2S. The van der Waals surface area contributed by atoms with Crippen molar-refractivity contribution in [2.75, 3.05) is 0 Å². The number of urea groups is 1. The van der Waals surface area contributed by atoms with Gasteiger partial charge in [-0.05, 0) is 43.4 Å². The number of benzene rings is 1. The zero-order chi connectivity index (χ0) is 19.6. The summed E-state index contributed by atoms with van der Waals surface area (Å²) in [6.07, 6.45) is 1.97. The summed E-state index contributed by atoms with van der Waals surface area (Å²) in [6, 6.07) is 8.31. The number of amides is 3. The average Bonchev–Trinajstić information content (AvgIpc) is 3.19. The van der Waals surface area contributed by atoms with Gasteiger partial charge in [0.05, 0.1) is 28.9 Å². The topological polar surface area (TPSA) is 86.1 Å². The molecule has 0 bridgehead atoms. The first kappa shape index (κ1) is 19.1. The van der Waals surface area contributed by atoms with Gasteiger partial charge in [0.25, 0.3) is 5.91 Å². The van der Waals surface area contributed by atoms with E-state index in [9.17, 15) is 9.59 Å². The van der Waals surface area contributed by atoms with Gasteiger partial charge in [0.15, 0.2) is 0 Å². The number of nitriles is 1. The molecule has 1 aromatic heterocycles. The van der Waals surface area contributed by atoms with Crippen LogP contribution in [0.25, 0.3) is 0 Å². The second kappa shape index (κ2) is 7.49. The molecule has 3 amide bonds. The Morgan fingerprint density at radius 2 is 2.00 bits per heavy atom. The van der Waals surface area contributed by atoms with E-state index in [0.29, 0.717) is 17.0 Å². The van der Waals surface area contributed by atoms with Crippen LogP contribution in [-0.2, 0) is 23.3 Å². The smallest absolute Gasteiger partial charge is 0.319 e. The van der Waals surface area contributed by atoms with E-state index in [1.54, 1.807) is 42.5 Å². The van der Waals surface area contributed by atoms with Crippen LogP contribution in [0.15, 0.2) is 29.6 Å². The maximum Gasteiger partial charge on any atom is 0.325 e. The largest absolute Gasteiger partial charge is 0.325 e. The molecule has 1 saturated heterocycles. The zero-order valence-electron chi connectivity index (χ0n) is 15.7. The lowest BCUT2D eigenvalue weighted by molar-refractivity contribution is -0.131. The van der Waals surface area contributed by atoms with Crippen LogP contribution in [0.5, 0.6) is 0 Å². The predicted octanol–water partition coefficient (Wildman–Crippen LogP) is 3.57. The lowest BCUT2D eigenvalue weighted by atomic mass is 9.91. The Balaban J connectivity index is 1.75. The van der Waals surface area contributed by atoms with Crippen LogP contribution >= 0.6 is 11.3 Å². The molecule has 3 rings (SSSR count). The second-order valence-corrected chi connectivity index (χ2v) is 8.24. The number of imide groups is 1. The van der Waals surface area contributed by atoms with Crippen molar-refractivity contribution in [2.45, 2.75) is 45.7 Å². The quantitative estimate of drug-likeness (QED) is 0.774. The Morgan fingerprint density at radius 3 is 2.63 bits per heavy atom. The number of hydrogen-bond acceptors (Lipinski definition) is 5. The van der Waals surface area contributed by atoms with Crippen LogP contribution < -0.4 is 5.32 Å². The third-order valence-corrected chi connectivity index (χ3v) is 5.68. The van der Waals surface area contributed by atoms with Gasteiger partial charge in [0, 0.05) is 5.38 Å². The summed E-state index contributed by atoms with van der Waals surface area (Å²) < 4.78 is 0. The van der Waals surface area contributed by atoms with Crippen molar-refractivity contribution < 1.29 is 9.59 Å². The molecular weight excluding hydrogens is 360 g/mol. The van der Waals surface area contributed by atoms with Crippen molar-refractivity contribution >= 4 is 23.3 Å². The summed E-state index contributed by atoms with van der Waals surface area (Å²) in [6.45, 7) is 6.19. The third kappa shape index (κ3) is 3.86. The van der Waals surface area contributed by atoms with Crippen LogP contribution in [0.1, 0.15) is 49.0 Å². The van der Waals surface area contributed by atoms with Gasteiger partial charge in [-0.2, -0.15) is 5.26 Å². The van der Waals surface area contributed by atoms with E-state index in [1.165, 1.54) is 4.90 Å². The van der Waals surface area contributed by atoms with Crippen molar-refractivity contribution in [2.24, 2.45) is 5.92 Å². The highest BCUT2D eigenvalue weighted by molar-refractivity contribution is 7.09. The minimum absolute atomic E-state index is 0.161. The van der Waals surface area contributed by atoms with E-state index < -0.39 is 11.6 Å². The molecule has 2 heterocycles. The number of hydrogen-bond donors (Lipinski definition) is 1. The summed E-state index contributed by atoms with van der Waals surface area (Å²) in [7, 11) is 0. The van der Waals surface area contributed by atoms with E-state index in [1.807, 2.05) is 11.4 Å². The van der Waals surface area contributed by atoms with Crippen molar-refractivity contribution in [3.63, 3.8) is 0 Å². The molecule has 0 spiro atoms. The van der Waals surface area contributed by atoms with E-state index in [2.05, 4.69) is 24.1 Å². The number of aromatic nitrogens is 1. The number of thiazole rings is 1. The summed E-state index contributed by atoms with van der Waals surface area (Å²) in [5.74, 6) is 0.297. The van der Waals surface area contributed by atoms with Gasteiger partial charge >= 0.3 is 6.03 Å². The van der Waals surface area contributed by atoms with Crippen LogP contribution in [0.3, 0.4) is 0 Å². The minimum atomic E-state index is -1.14. The van der Waals surface area contributed by atoms with Crippen LogP contribution in [-0.4, -0.2) is 21.8 Å². The van der Waals surface area contributed by atoms with Crippen molar-refractivity contribution in [1.82, 2.24) is 15.2 Å². The van der Waals surface area contributed by atoms with Gasteiger partial charge in [0.1, 0.15) is 5.54 Å². The number of nitrogens with one attached hydrogen (secondary N) is 1. The highest BCUT2D eigenvalue weighted by Crippen LogP contribution is 2.30. The highest BCUT2D eigenvalue weighted by atomic mass is 32.1. The van der Waals surface area contributed by atoms with Crippen LogP contribution in [0.2, 0.25) is 0 Å². The van der Waals surface area contributed by atoms with E-state index in [4.69, 9.17) is 5.26 Å². The normalized spacial score (nSPS) is 19.4. The Bertz CT molecular complexity index is 897. The molecule has 140 valence electrons. The Labute approximate surface area is 162 Å². The first-order chi connectivity index (χ1) is 12.8. The third-order valence-electron chi connectivity index (χ3n) is 4.72. The molecule has 1 atom stereocenters. The summed E-state index contributed by atoms with van der Waals surface area (Å²) >= 11 is 1.57. The number of aryl methyl sites for hydroxylation is 1. The van der Waals surface area contributed by atoms with Crippen molar-refractivity contribution in [3.8, 4) is 6.07 Å². The molecule has 1 N–H and O–H groups in total. The Kier molecular flexibility index (Phi) is 5.29. The number of carbonyl (C=O) groups excluding carboxylic acids is 2. The summed E-state index contributed by atoms with van der Waals surface area (Å²) in [5.41, 5.74) is 0.749. The first-order valence-electron chi connectivity index (χ1n) is 8.91. The second-order valence-electron chi connectivity index (χ2n) is 7.30. The molecule has 1 fully saturated rings. The first-order valence-corrected chi connectivity index (χ1v) is 9.79. The van der Waals surface area contributed by atoms with Gasteiger partial charge in [-0.25, -0.2) is 9.78 Å². The molecule has 2 aromatic rings. The standard InChI is InChI=1S/C20H22N4O2S/c1-13(2)4-9-17-22-16(12-27-17)11-24-18(25)20(3,23-19(24)26)15-7-5-14(10-21)6-8-15/h5-8,12-13H,4,9,11H2,1-3H3,(H,23,26). The molecule has 0 radical (unpaired) electrons. The fourth-order valence-corrected chi connectivity index (χ4v) is 3.83. The molecule has 1 aliphatic rings. The monoisotopic (exact) mass is 382 g/mol. The van der Waals surface area contributed by atoms with Gasteiger partial charge in [0.2, 0.25) is 0 Å². The lowest BCUT2D eigenvalue weighted by Crippen LogP contribution is -2.40. The fraction of sp³-hybridized carbons (Fsp3) is 0.400. The van der Waals surface area contributed by atoms with E-state index >= 15 is 0 Å². The van der Waals surface area contributed by atoms with Gasteiger partial charge in [-0.15, -0.1) is 11.3 Å². The zero-order valence-corrected chi connectivity index (χ0v) is 16.5. The molecule has 7 heteroatoms. The summed E-state index contributed by atoms with van der Waals surface area (Å²) in [5, 5.41) is 14.6. The van der Waals surface area contributed by atoms with Gasteiger partial charge in [-0.3, -0.25) is 9.69 Å². The lowest BCUT2D eigenvalue weighted by Gasteiger charge is -2.22. The number of rotatable bonds is 6. The Hall–Kier alpha value is -2.72.